The summed E-state index contributed by atoms with van der Waals surface area (Å²) in [5.41, 5.74) is 3.24. The van der Waals surface area contributed by atoms with Crippen LogP contribution in [0.25, 0.3) is 10.9 Å². The molecule has 0 unspecified atom stereocenters. The summed E-state index contributed by atoms with van der Waals surface area (Å²) in [5, 5.41) is 4.51. The van der Waals surface area contributed by atoms with E-state index in [2.05, 4.69) is 37.9 Å². The molecule has 4 rings (SSSR count). The first-order valence-electron chi connectivity index (χ1n) is 9.27. The molecule has 0 radical (unpaired) electrons. The molecule has 3 aromatic rings. The van der Waals surface area contributed by atoms with Crippen molar-refractivity contribution in [2.24, 2.45) is 7.05 Å². The fourth-order valence-corrected chi connectivity index (χ4v) is 3.97. The van der Waals surface area contributed by atoms with Crippen molar-refractivity contribution in [1.29, 1.82) is 0 Å². The number of hydrogen-bond acceptors (Lipinski definition) is 3. The highest BCUT2D eigenvalue weighted by molar-refractivity contribution is 5.86. The molecule has 4 nitrogen and oxygen atoms in total. The van der Waals surface area contributed by atoms with Crippen molar-refractivity contribution in [3.05, 3.63) is 65.9 Å². The number of aryl methyl sites for hydroxylation is 1. The maximum Gasteiger partial charge on any atom is 0.573 e. The number of hydrogen-bond donors (Lipinski definition) is 1. The van der Waals surface area contributed by atoms with Crippen LogP contribution in [0, 0.1) is 0 Å². The lowest BCUT2D eigenvalue weighted by Gasteiger charge is -2.35. The summed E-state index contributed by atoms with van der Waals surface area (Å²) in [6, 6.07) is 14.4. The maximum absolute atomic E-state index is 12.5. The van der Waals surface area contributed by atoms with E-state index in [1.54, 1.807) is 12.1 Å². The fourth-order valence-electron chi connectivity index (χ4n) is 3.97. The van der Waals surface area contributed by atoms with Crippen molar-refractivity contribution >= 4 is 35.7 Å². The second-order valence-corrected chi connectivity index (χ2v) is 7.02. The molecule has 2 aromatic carbocycles. The molecule has 0 saturated carbocycles. The van der Waals surface area contributed by atoms with E-state index in [0.29, 0.717) is 0 Å². The lowest BCUT2D eigenvalue weighted by molar-refractivity contribution is -0.274. The summed E-state index contributed by atoms with van der Waals surface area (Å²) in [6.45, 7) is 3.51. The number of halogens is 5. The number of nitrogens with zero attached hydrogens (tertiary/aromatic N) is 2. The van der Waals surface area contributed by atoms with Crippen LogP contribution in [-0.4, -0.2) is 42.0 Å². The van der Waals surface area contributed by atoms with E-state index in [4.69, 9.17) is 0 Å². The molecule has 30 heavy (non-hydrogen) atoms. The van der Waals surface area contributed by atoms with Crippen LogP contribution in [0.4, 0.5) is 13.2 Å². The number of ether oxygens (including phenoxy) is 1. The van der Waals surface area contributed by atoms with Gasteiger partial charge in [-0.1, -0.05) is 30.3 Å². The molecule has 164 valence electrons. The number of piperazine rings is 1. The van der Waals surface area contributed by atoms with Gasteiger partial charge in [0.05, 0.1) is 6.04 Å². The number of rotatable bonds is 4. The molecule has 0 aliphatic carbocycles. The van der Waals surface area contributed by atoms with Gasteiger partial charge in [-0.25, -0.2) is 0 Å². The first kappa shape index (κ1) is 24.3. The minimum atomic E-state index is -4.69. The molecule has 1 aromatic heterocycles. The summed E-state index contributed by atoms with van der Waals surface area (Å²) in [4.78, 5) is 2.37. The number of aromatic nitrogens is 1. The highest BCUT2D eigenvalue weighted by atomic mass is 35.5. The average Bonchev–Trinajstić information content (AvgIpc) is 3.00. The Morgan fingerprint density at radius 3 is 2.23 bits per heavy atom. The van der Waals surface area contributed by atoms with Crippen LogP contribution in [0.3, 0.4) is 0 Å². The lowest BCUT2D eigenvalue weighted by Crippen LogP contribution is -2.45. The second kappa shape index (κ2) is 9.92. The van der Waals surface area contributed by atoms with Gasteiger partial charge < -0.3 is 14.6 Å². The highest BCUT2D eigenvalue weighted by Gasteiger charge is 2.31. The number of benzene rings is 2. The predicted octanol–water partition coefficient (Wildman–Crippen LogP) is 4.92. The minimum Gasteiger partial charge on any atom is -0.406 e. The zero-order valence-corrected chi connectivity index (χ0v) is 18.0. The molecule has 0 spiro atoms. The van der Waals surface area contributed by atoms with Gasteiger partial charge >= 0.3 is 6.36 Å². The first-order chi connectivity index (χ1) is 13.4. The van der Waals surface area contributed by atoms with Gasteiger partial charge in [-0.2, -0.15) is 0 Å². The minimum absolute atomic E-state index is 0. The van der Waals surface area contributed by atoms with E-state index in [-0.39, 0.29) is 36.6 Å². The number of fused-ring (bicyclic) bond motifs is 1. The summed E-state index contributed by atoms with van der Waals surface area (Å²) in [5.74, 6) is -0.201. The Labute approximate surface area is 185 Å². The molecule has 0 bridgehead atoms. The largest absolute Gasteiger partial charge is 0.573 e. The Hall–Kier alpha value is -1.93. The third kappa shape index (κ3) is 5.21. The van der Waals surface area contributed by atoms with Crippen molar-refractivity contribution in [3.63, 3.8) is 0 Å². The Morgan fingerprint density at radius 1 is 0.967 bits per heavy atom. The van der Waals surface area contributed by atoms with Gasteiger partial charge in [0, 0.05) is 50.3 Å². The number of alkyl halides is 3. The van der Waals surface area contributed by atoms with E-state index >= 15 is 0 Å². The van der Waals surface area contributed by atoms with E-state index in [0.717, 1.165) is 48.2 Å². The molecular formula is C21H24Cl2F3N3O. The lowest BCUT2D eigenvalue weighted by atomic mass is 9.96. The van der Waals surface area contributed by atoms with Crippen molar-refractivity contribution in [1.82, 2.24) is 14.8 Å². The highest BCUT2D eigenvalue weighted by Crippen LogP contribution is 2.36. The van der Waals surface area contributed by atoms with Gasteiger partial charge in [-0.15, -0.1) is 38.0 Å². The SMILES string of the molecule is Cl.Cl.Cn1cc([C@H](c2ccc(OC(F)(F)F)cc2)N2CCNCC2)c2ccccc21. The Morgan fingerprint density at radius 2 is 1.60 bits per heavy atom. The maximum atomic E-state index is 12.5. The molecule has 1 aliphatic heterocycles. The van der Waals surface area contributed by atoms with Gasteiger partial charge in [0.25, 0.3) is 0 Å². The normalized spacial score (nSPS) is 15.9. The summed E-state index contributed by atoms with van der Waals surface area (Å²) < 4.78 is 43.6. The van der Waals surface area contributed by atoms with Crippen LogP contribution in [0.2, 0.25) is 0 Å². The Bertz CT molecular complexity index is 954. The van der Waals surface area contributed by atoms with Crippen molar-refractivity contribution in [2.45, 2.75) is 12.4 Å². The van der Waals surface area contributed by atoms with Crippen molar-refractivity contribution < 1.29 is 17.9 Å². The van der Waals surface area contributed by atoms with Crippen LogP contribution in [0.15, 0.2) is 54.7 Å². The molecule has 1 aliphatic rings. The summed E-state index contributed by atoms with van der Waals surface area (Å²) in [6.07, 6.45) is -2.56. The van der Waals surface area contributed by atoms with Crippen LogP contribution in [0.5, 0.6) is 5.75 Å². The molecule has 0 amide bonds. The van der Waals surface area contributed by atoms with Crippen LogP contribution in [-0.2, 0) is 7.05 Å². The van der Waals surface area contributed by atoms with Crippen molar-refractivity contribution in [2.75, 3.05) is 26.2 Å². The second-order valence-electron chi connectivity index (χ2n) is 7.02. The molecular weight excluding hydrogens is 438 g/mol. The van der Waals surface area contributed by atoms with Gasteiger partial charge in [0.2, 0.25) is 0 Å². The van der Waals surface area contributed by atoms with Crippen LogP contribution in [0.1, 0.15) is 17.2 Å². The zero-order chi connectivity index (χ0) is 19.7. The molecule has 1 fully saturated rings. The van der Waals surface area contributed by atoms with Crippen LogP contribution < -0.4 is 10.1 Å². The van der Waals surface area contributed by atoms with Crippen LogP contribution >= 0.6 is 24.8 Å². The monoisotopic (exact) mass is 461 g/mol. The molecule has 1 atom stereocenters. The number of para-hydroxylation sites is 1. The quantitative estimate of drug-likeness (QED) is 0.598. The third-order valence-corrected chi connectivity index (χ3v) is 5.17. The fraction of sp³-hybridized carbons (Fsp3) is 0.333. The zero-order valence-electron chi connectivity index (χ0n) is 16.4. The third-order valence-electron chi connectivity index (χ3n) is 5.17. The van der Waals surface area contributed by atoms with Gasteiger partial charge in [0.1, 0.15) is 5.75 Å². The molecule has 2 heterocycles. The van der Waals surface area contributed by atoms with E-state index in [1.807, 2.05) is 19.2 Å². The van der Waals surface area contributed by atoms with Gasteiger partial charge in [0.15, 0.2) is 0 Å². The van der Waals surface area contributed by atoms with E-state index < -0.39 is 6.36 Å². The van der Waals surface area contributed by atoms with Gasteiger partial charge in [-0.05, 0) is 29.3 Å². The Kier molecular flexibility index (Phi) is 8.05. The van der Waals surface area contributed by atoms with E-state index in [1.165, 1.54) is 12.1 Å². The number of nitrogens with one attached hydrogen (secondary N) is 1. The summed E-state index contributed by atoms with van der Waals surface area (Å²) >= 11 is 0. The predicted molar refractivity (Wildman–Crippen MR) is 117 cm³/mol. The average molecular weight is 462 g/mol. The molecule has 9 heteroatoms. The van der Waals surface area contributed by atoms with Crippen molar-refractivity contribution in [3.8, 4) is 5.75 Å². The smallest absolute Gasteiger partial charge is 0.406 e. The Balaban J connectivity index is 0.00000160. The van der Waals surface area contributed by atoms with Gasteiger partial charge in [-0.3, -0.25) is 4.90 Å². The summed E-state index contributed by atoms with van der Waals surface area (Å²) in [7, 11) is 2.01. The topological polar surface area (TPSA) is 29.4 Å². The molecule has 1 N–H and O–H groups in total. The van der Waals surface area contributed by atoms with E-state index in [9.17, 15) is 13.2 Å². The first-order valence-corrected chi connectivity index (χ1v) is 9.27. The molecule has 1 saturated heterocycles. The standard InChI is InChI=1S/C21H22F3N3O.2ClH/c1-26-14-18(17-4-2-3-5-19(17)26)20(27-12-10-25-11-13-27)15-6-8-16(9-7-15)28-21(22,23)24;;/h2-9,14,20,25H,10-13H2,1H3;2*1H/t20-;;/m0../s1.